The van der Waals surface area contributed by atoms with Gasteiger partial charge in [-0.15, -0.1) is 0 Å². The number of hydrogen-bond acceptors (Lipinski definition) is 3. The number of aromatic nitrogens is 3. The van der Waals surface area contributed by atoms with E-state index in [9.17, 15) is 0 Å². The number of pyridine rings is 1. The van der Waals surface area contributed by atoms with Gasteiger partial charge in [-0.3, -0.25) is 0 Å². The normalized spacial score (nSPS) is 10.9. The molecule has 2 aromatic rings. The molecule has 2 N–H and O–H groups in total. The quantitative estimate of drug-likeness (QED) is 0.708. The van der Waals surface area contributed by atoms with Crippen LogP contribution in [0.2, 0.25) is 0 Å². The lowest BCUT2D eigenvalue weighted by Gasteiger charge is -1.99. The Labute approximate surface area is 76.4 Å². The summed E-state index contributed by atoms with van der Waals surface area (Å²) in [5, 5.41) is 0. The van der Waals surface area contributed by atoms with Crippen molar-refractivity contribution in [2.45, 2.75) is 13.3 Å². The minimum Gasteiger partial charge on any atom is -0.382 e. The van der Waals surface area contributed by atoms with Crippen molar-refractivity contribution in [2.75, 3.05) is 5.73 Å². The number of anilines is 1. The van der Waals surface area contributed by atoms with Crippen LogP contribution in [0.15, 0.2) is 12.3 Å². The Morgan fingerprint density at radius 3 is 2.92 bits per heavy atom. The second-order valence-electron chi connectivity index (χ2n) is 3.00. The molecule has 0 aliphatic rings. The summed E-state index contributed by atoms with van der Waals surface area (Å²) in [6.07, 6.45) is 2.59. The highest BCUT2D eigenvalue weighted by Gasteiger charge is 2.08. The third-order valence-corrected chi connectivity index (χ3v) is 2.22. The summed E-state index contributed by atoms with van der Waals surface area (Å²) in [5.74, 6) is 1.59. The van der Waals surface area contributed by atoms with Gasteiger partial charge >= 0.3 is 0 Å². The molecule has 0 aliphatic heterocycles. The third kappa shape index (κ3) is 1.06. The fourth-order valence-electron chi connectivity index (χ4n) is 1.55. The van der Waals surface area contributed by atoms with E-state index >= 15 is 0 Å². The molecule has 2 rings (SSSR count). The van der Waals surface area contributed by atoms with Crippen molar-refractivity contribution < 1.29 is 0 Å². The molecule has 0 amide bonds. The topological polar surface area (TPSA) is 56.7 Å². The summed E-state index contributed by atoms with van der Waals surface area (Å²) in [6, 6.07) is 1.88. The molecular formula is C9H12N4. The van der Waals surface area contributed by atoms with Crippen LogP contribution in [0.1, 0.15) is 12.7 Å². The molecule has 0 radical (unpaired) electrons. The van der Waals surface area contributed by atoms with Crippen LogP contribution in [0.5, 0.6) is 0 Å². The zero-order valence-corrected chi connectivity index (χ0v) is 7.78. The summed E-state index contributed by atoms with van der Waals surface area (Å²) in [4.78, 5) is 8.47. The first-order chi connectivity index (χ1) is 6.24. The van der Waals surface area contributed by atoms with Gasteiger partial charge in [0.25, 0.3) is 0 Å². The zero-order valence-electron chi connectivity index (χ0n) is 7.78. The summed E-state index contributed by atoms with van der Waals surface area (Å²) in [5.41, 5.74) is 7.61. The van der Waals surface area contributed by atoms with Crippen molar-refractivity contribution in [1.29, 1.82) is 0 Å². The fraction of sp³-hybridized carbons (Fsp3) is 0.333. The third-order valence-electron chi connectivity index (χ3n) is 2.22. The van der Waals surface area contributed by atoms with Crippen molar-refractivity contribution in [3.8, 4) is 0 Å². The van der Waals surface area contributed by atoms with Crippen molar-refractivity contribution in [2.24, 2.45) is 7.05 Å². The number of rotatable bonds is 1. The lowest BCUT2D eigenvalue weighted by atomic mass is 10.4. The molecule has 4 nitrogen and oxygen atoms in total. The van der Waals surface area contributed by atoms with Crippen molar-refractivity contribution in [1.82, 2.24) is 14.5 Å². The van der Waals surface area contributed by atoms with Crippen molar-refractivity contribution in [3.63, 3.8) is 0 Å². The molecule has 0 aromatic carbocycles. The van der Waals surface area contributed by atoms with Gasteiger partial charge in [-0.1, -0.05) is 6.92 Å². The molecule has 0 spiro atoms. The Kier molecular flexibility index (Phi) is 1.69. The molecule has 2 heterocycles. The van der Waals surface area contributed by atoms with Crippen LogP contribution >= 0.6 is 0 Å². The Morgan fingerprint density at radius 2 is 2.31 bits per heavy atom. The monoisotopic (exact) mass is 176 g/mol. The van der Waals surface area contributed by atoms with Gasteiger partial charge in [0.05, 0.1) is 5.52 Å². The van der Waals surface area contributed by atoms with Gasteiger partial charge in [-0.25, -0.2) is 9.97 Å². The predicted octanol–water partition coefficient (Wildman–Crippen LogP) is 1.11. The van der Waals surface area contributed by atoms with Gasteiger partial charge in [0.15, 0.2) is 0 Å². The number of fused-ring (bicyclic) bond motifs is 1. The Hall–Kier alpha value is -1.58. The van der Waals surface area contributed by atoms with E-state index < -0.39 is 0 Å². The van der Waals surface area contributed by atoms with Gasteiger partial charge < -0.3 is 10.3 Å². The SMILES string of the molecule is CCc1nc2ccnc(N)c2n1C. The van der Waals surface area contributed by atoms with Crippen LogP contribution in [0.3, 0.4) is 0 Å². The molecule has 0 saturated heterocycles. The average molecular weight is 176 g/mol. The minimum absolute atomic E-state index is 0.548. The van der Waals surface area contributed by atoms with Crippen molar-refractivity contribution in [3.05, 3.63) is 18.1 Å². The van der Waals surface area contributed by atoms with E-state index in [1.54, 1.807) is 6.20 Å². The highest BCUT2D eigenvalue weighted by Crippen LogP contribution is 2.18. The number of imidazole rings is 1. The molecule has 13 heavy (non-hydrogen) atoms. The van der Waals surface area contributed by atoms with Crippen LogP contribution in [-0.2, 0) is 13.5 Å². The number of nitrogens with zero attached hydrogens (tertiary/aromatic N) is 3. The molecular weight excluding hydrogens is 164 g/mol. The highest BCUT2D eigenvalue weighted by molar-refractivity contribution is 5.85. The van der Waals surface area contributed by atoms with E-state index in [4.69, 9.17) is 5.73 Å². The predicted molar refractivity (Wildman–Crippen MR) is 52.3 cm³/mol. The van der Waals surface area contributed by atoms with E-state index in [1.165, 1.54) is 0 Å². The van der Waals surface area contributed by atoms with E-state index in [2.05, 4.69) is 16.9 Å². The largest absolute Gasteiger partial charge is 0.382 e. The number of nitrogen functional groups attached to an aromatic ring is 1. The second kappa shape index (κ2) is 2.73. The van der Waals surface area contributed by atoms with E-state index in [-0.39, 0.29) is 0 Å². The average Bonchev–Trinajstić information content (AvgIpc) is 2.44. The maximum Gasteiger partial charge on any atom is 0.149 e. The Balaban J connectivity index is 2.85. The molecule has 2 aromatic heterocycles. The van der Waals surface area contributed by atoms with Gasteiger partial charge in [0.2, 0.25) is 0 Å². The standard InChI is InChI=1S/C9H12N4/c1-3-7-12-6-4-5-11-9(10)8(6)13(7)2/h4-5H,3H2,1-2H3,(H2,10,11). The molecule has 68 valence electrons. The summed E-state index contributed by atoms with van der Waals surface area (Å²) in [6.45, 7) is 2.07. The van der Waals surface area contributed by atoms with E-state index in [0.29, 0.717) is 5.82 Å². The van der Waals surface area contributed by atoms with Gasteiger partial charge in [-0.2, -0.15) is 0 Å². The van der Waals surface area contributed by atoms with Gasteiger partial charge in [0.1, 0.15) is 17.2 Å². The molecule has 0 fully saturated rings. The maximum atomic E-state index is 5.75. The Bertz CT molecular complexity index is 444. The van der Waals surface area contributed by atoms with Crippen LogP contribution in [0.4, 0.5) is 5.82 Å². The summed E-state index contributed by atoms with van der Waals surface area (Å²) >= 11 is 0. The Morgan fingerprint density at radius 1 is 1.54 bits per heavy atom. The van der Waals surface area contributed by atoms with Crippen LogP contribution < -0.4 is 5.73 Å². The first-order valence-corrected chi connectivity index (χ1v) is 4.29. The van der Waals surface area contributed by atoms with Gasteiger partial charge in [0, 0.05) is 19.7 Å². The lowest BCUT2D eigenvalue weighted by Crippen LogP contribution is -1.98. The summed E-state index contributed by atoms with van der Waals surface area (Å²) < 4.78 is 2.00. The molecule has 0 unspecified atom stereocenters. The highest BCUT2D eigenvalue weighted by atomic mass is 15.1. The molecule has 4 heteroatoms. The zero-order chi connectivity index (χ0) is 9.42. The van der Waals surface area contributed by atoms with Gasteiger partial charge in [-0.05, 0) is 6.07 Å². The van der Waals surface area contributed by atoms with Crippen LogP contribution in [0.25, 0.3) is 11.0 Å². The number of nitrogens with two attached hydrogens (primary N) is 1. The van der Waals surface area contributed by atoms with Crippen molar-refractivity contribution >= 4 is 16.9 Å². The second-order valence-corrected chi connectivity index (χ2v) is 3.00. The molecule has 0 aliphatic carbocycles. The maximum absolute atomic E-state index is 5.75. The smallest absolute Gasteiger partial charge is 0.149 e. The molecule has 0 saturated carbocycles. The number of hydrogen-bond donors (Lipinski definition) is 1. The van der Waals surface area contributed by atoms with E-state index in [1.807, 2.05) is 17.7 Å². The first kappa shape index (κ1) is 8.04. The summed E-state index contributed by atoms with van der Waals surface area (Å²) in [7, 11) is 1.96. The molecule has 0 bridgehead atoms. The van der Waals surface area contributed by atoms with Crippen LogP contribution in [0, 0.1) is 0 Å². The van der Waals surface area contributed by atoms with E-state index in [0.717, 1.165) is 23.3 Å². The lowest BCUT2D eigenvalue weighted by molar-refractivity contribution is 0.829. The van der Waals surface area contributed by atoms with Crippen LogP contribution in [-0.4, -0.2) is 14.5 Å². The minimum atomic E-state index is 0.548. The number of aryl methyl sites for hydroxylation is 2. The first-order valence-electron chi connectivity index (χ1n) is 4.29. The fourth-order valence-corrected chi connectivity index (χ4v) is 1.55. The molecule has 0 atom stereocenters.